The zero-order valence-electron chi connectivity index (χ0n) is 9.35. The molecular weight excluding hydrogens is 170 g/mol. The van der Waals surface area contributed by atoms with Crippen molar-refractivity contribution in [3.8, 4) is 0 Å². The smallest absolute Gasteiger partial charge is 0.0410 e. The van der Waals surface area contributed by atoms with Gasteiger partial charge in [0.1, 0.15) is 0 Å². The first-order valence-corrected chi connectivity index (χ1v) is 5.56. The summed E-state index contributed by atoms with van der Waals surface area (Å²) >= 11 is 0. The zero-order chi connectivity index (χ0) is 10.1. The van der Waals surface area contributed by atoms with Crippen LogP contribution in [-0.4, -0.2) is 6.54 Å². The summed E-state index contributed by atoms with van der Waals surface area (Å²) in [5.74, 6) is 0.620. The fourth-order valence-corrected chi connectivity index (χ4v) is 2.26. The van der Waals surface area contributed by atoms with Crippen LogP contribution in [0.4, 0.5) is 5.69 Å². The van der Waals surface area contributed by atoms with E-state index in [1.165, 1.54) is 29.7 Å². The van der Waals surface area contributed by atoms with E-state index in [1.54, 1.807) is 5.56 Å². The molecule has 0 radical (unpaired) electrons. The monoisotopic (exact) mass is 189 g/mol. The van der Waals surface area contributed by atoms with Crippen LogP contribution in [0, 0.1) is 6.92 Å². The molecule has 14 heavy (non-hydrogen) atoms. The molecule has 1 heteroatoms. The molecule has 1 heterocycles. The Balaban J connectivity index is 2.53. The molecule has 0 aromatic heterocycles. The van der Waals surface area contributed by atoms with Crippen molar-refractivity contribution in [2.24, 2.45) is 0 Å². The second-order valence-electron chi connectivity index (χ2n) is 4.51. The molecule has 0 atom stereocenters. The predicted molar refractivity (Wildman–Crippen MR) is 62.1 cm³/mol. The quantitative estimate of drug-likeness (QED) is 0.713. The van der Waals surface area contributed by atoms with Gasteiger partial charge in [0, 0.05) is 12.2 Å². The summed E-state index contributed by atoms with van der Waals surface area (Å²) in [7, 11) is 0. The van der Waals surface area contributed by atoms with Crippen molar-refractivity contribution in [3.05, 3.63) is 28.8 Å². The Morgan fingerprint density at radius 1 is 1.29 bits per heavy atom. The summed E-state index contributed by atoms with van der Waals surface area (Å²) in [5, 5.41) is 3.55. The highest BCUT2D eigenvalue weighted by Gasteiger charge is 2.15. The number of rotatable bonds is 1. The molecule has 0 fully saturated rings. The van der Waals surface area contributed by atoms with Crippen LogP contribution >= 0.6 is 0 Å². The van der Waals surface area contributed by atoms with E-state index in [4.69, 9.17) is 0 Å². The lowest BCUT2D eigenvalue weighted by Gasteiger charge is -2.24. The van der Waals surface area contributed by atoms with Gasteiger partial charge in [-0.25, -0.2) is 0 Å². The van der Waals surface area contributed by atoms with E-state index in [1.807, 2.05) is 0 Å². The number of fused-ring (bicyclic) bond motifs is 1. The van der Waals surface area contributed by atoms with E-state index < -0.39 is 0 Å². The van der Waals surface area contributed by atoms with Crippen LogP contribution in [0.2, 0.25) is 0 Å². The lowest BCUT2D eigenvalue weighted by atomic mass is 9.90. The summed E-state index contributed by atoms with van der Waals surface area (Å²) in [4.78, 5) is 0. The van der Waals surface area contributed by atoms with E-state index in [-0.39, 0.29) is 0 Å². The first kappa shape index (κ1) is 9.57. The topological polar surface area (TPSA) is 12.0 Å². The van der Waals surface area contributed by atoms with Gasteiger partial charge in [-0.05, 0) is 42.4 Å². The Bertz CT molecular complexity index is 339. The number of anilines is 1. The molecule has 1 aliphatic rings. The van der Waals surface area contributed by atoms with Crippen LogP contribution in [0.1, 0.15) is 42.9 Å². The van der Waals surface area contributed by atoms with Crippen molar-refractivity contribution in [2.45, 2.75) is 39.5 Å². The summed E-state index contributed by atoms with van der Waals surface area (Å²) in [6.07, 6.45) is 2.52. The van der Waals surface area contributed by atoms with E-state index >= 15 is 0 Å². The Kier molecular flexibility index (Phi) is 2.49. The van der Waals surface area contributed by atoms with Crippen molar-refractivity contribution < 1.29 is 0 Å². The molecule has 0 saturated heterocycles. The van der Waals surface area contributed by atoms with Crippen LogP contribution < -0.4 is 5.32 Å². The van der Waals surface area contributed by atoms with Crippen molar-refractivity contribution in [1.82, 2.24) is 0 Å². The van der Waals surface area contributed by atoms with Crippen molar-refractivity contribution in [3.63, 3.8) is 0 Å². The Morgan fingerprint density at radius 2 is 2.07 bits per heavy atom. The Morgan fingerprint density at radius 3 is 2.79 bits per heavy atom. The number of hydrogen-bond acceptors (Lipinski definition) is 1. The van der Waals surface area contributed by atoms with Crippen LogP contribution in [0.25, 0.3) is 0 Å². The maximum absolute atomic E-state index is 3.55. The third-order valence-corrected chi connectivity index (χ3v) is 3.11. The molecule has 1 nitrogen and oxygen atoms in total. The number of hydrogen-bond donors (Lipinski definition) is 1. The number of nitrogens with one attached hydrogen (secondary N) is 1. The molecule has 0 spiro atoms. The molecule has 1 aliphatic heterocycles. The van der Waals surface area contributed by atoms with E-state index in [0.29, 0.717) is 5.92 Å². The van der Waals surface area contributed by atoms with Crippen LogP contribution in [0.3, 0.4) is 0 Å². The minimum atomic E-state index is 0.620. The average molecular weight is 189 g/mol. The molecule has 0 amide bonds. The van der Waals surface area contributed by atoms with Gasteiger partial charge in [0.2, 0.25) is 0 Å². The van der Waals surface area contributed by atoms with Gasteiger partial charge in [0.05, 0.1) is 0 Å². The number of benzene rings is 1. The molecule has 0 unspecified atom stereocenters. The maximum atomic E-state index is 3.55. The first-order valence-electron chi connectivity index (χ1n) is 5.56. The minimum Gasteiger partial charge on any atom is -0.385 e. The summed E-state index contributed by atoms with van der Waals surface area (Å²) in [6.45, 7) is 7.88. The van der Waals surface area contributed by atoms with Gasteiger partial charge in [0.15, 0.2) is 0 Å². The third-order valence-electron chi connectivity index (χ3n) is 3.11. The van der Waals surface area contributed by atoms with Crippen molar-refractivity contribution in [2.75, 3.05) is 11.9 Å². The summed E-state index contributed by atoms with van der Waals surface area (Å²) in [5.41, 5.74) is 5.88. The Labute approximate surface area is 86.5 Å². The summed E-state index contributed by atoms with van der Waals surface area (Å²) < 4.78 is 0. The predicted octanol–water partition coefficient (Wildman–Crippen LogP) is 3.48. The second kappa shape index (κ2) is 3.64. The maximum Gasteiger partial charge on any atom is 0.0410 e. The second-order valence-corrected chi connectivity index (χ2v) is 4.51. The lowest BCUT2D eigenvalue weighted by molar-refractivity contribution is 0.798. The molecule has 0 bridgehead atoms. The standard InChI is InChI=1S/C13H19N/c1-9(2)11-7-6-10(3)12-5-4-8-14-13(11)12/h6-7,9,14H,4-5,8H2,1-3H3. The molecule has 1 aromatic carbocycles. The fraction of sp³-hybridized carbons (Fsp3) is 0.538. The van der Waals surface area contributed by atoms with Gasteiger partial charge >= 0.3 is 0 Å². The van der Waals surface area contributed by atoms with Gasteiger partial charge in [0.25, 0.3) is 0 Å². The van der Waals surface area contributed by atoms with Crippen molar-refractivity contribution >= 4 is 5.69 Å². The van der Waals surface area contributed by atoms with Crippen molar-refractivity contribution in [1.29, 1.82) is 0 Å². The fourth-order valence-electron chi connectivity index (χ4n) is 2.26. The van der Waals surface area contributed by atoms with Gasteiger partial charge in [-0.3, -0.25) is 0 Å². The van der Waals surface area contributed by atoms with Gasteiger partial charge in [-0.1, -0.05) is 26.0 Å². The molecule has 1 aromatic rings. The molecule has 2 rings (SSSR count). The molecular formula is C13H19N. The van der Waals surface area contributed by atoms with Gasteiger partial charge in [-0.2, -0.15) is 0 Å². The number of aryl methyl sites for hydroxylation is 1. The summed E-state index contributed by atoms with van der Waals surface area (Å²) in [6, 6.07) is 4.54. The highest BCUT2D eigenvalue weighted by Crippen LogP contribution is 2.33. The highest BCUT2D eigenvalue weighted by atomic mass is 14.9. The molecule has 0 aliphatic carbocycles. The largest absolute Gasteiger partial charge is 0.385 e. The first-order chi connectivity index (χ1) is 6.70. The lowest BCUT2D eigenvalue weighted by Crippen LogP contribution is -2.15. The van der Waals surface area contributed by atoms with Crippen LogP contribution in [0.15, 0.2) is 12.1 Å². The van der Waals surface area contributed by atoms with E-state index in [9.17, 15) is 0 Å². The Hall–Kier alpha value is -0.980. The molecule has 0 saturated carbocycles. The average Bonchev–Trinajstić information content (AvgIpc) is 2.18. The van der Waals surface area contributed by atoms with Crippen LogP contribution in [0.5, 0.6) is 0 Å². The van der Waals surface area contributed by atoms with E-state index in [0.717, 1.165) is 6.54 Å². The molecule has 1 N–H and O–H groups in total. The van der Waals surface area contributed by atoms with Crippen LogP contribution in [-0.2, 0) is 6.42 Å². The molecule has 76 valence electrons. The zero-order valence-corrected chi connectivity index (χ0v) is 9.35. The SMILES string of the molecule is Cc1ccc(C(C)C)c2c1CCCN2. The normalized spacial score (nSPS) is 15.1. The van der Waals surface area contributed by atoms with E-state index in [2.05, 4.69) is 38.2 Å². The minimum absolute atomic E-state index is 0.620. The highest BCUT2D eigenvalue weighted by molar-refractivity contribution is 5.62. The van der Waals surface area contributed by atoms with Gasteiger partial charge < -0.3 is 5.32 Å². The third kappa shape index (κ3) is 1.52. The van der Waals surface area contributed by atoms with Gasteiger partial charge in [-0.15, -0.1) is 0 Å².